The number of carbonyl (C=O) groups excluding carboxylic acids is 1. The van der Waals surface area contributed by atoms with Crippen LogP contribution >= 0.6 is 0 Å². The molecule has 0 spiro atoms. The van der Waals surface area contributed by atoms with Crippen molar-refractivity contribution in [1.82, 2.24) is 20.0 Å². The van der Waals surface area contributed by atoms with Gasteiger partial charge in [-0.1, -0.05) is 5.16 Å². The molecule has 24 heavy (non-hydrogen) atoms. The van der Waals surface area contributed by atoms with Gasteiger partial charge in [0, 0.05) is 38.2 Å². The van der Waals surface area contributed by atoms with Gasteiger partial charge in [-0.05, 0) is 25.0 Å². The molecular formula is C17H18N4O3. The molecule has 7 nitrogen and oxygen atoms in total. The minimum atomic E-state index is -0.217. The number of nitrogens with zero attached hydrogens (tertiary/aromatic N) is 3. The largest absolute Gasteiger partial charge is 0.463 e. The van der Waals surface area contributed by atoms with Gasteiger partial charge < -0.3 is 18.8 Å². The van der Waals surface area contributed by atoms with Gasteiger partial charge in [0.25, 0.3) is 5.91 Å². The van der Waals surface area contributed by atoms with Gasteiger partial charge in [0.15, 0.2) is 11.5 Å². The highest BCUT2D eigenvalue weighted by Gasteiger charge is 2.28. The number of hydrogen-bond donors (Lipinski definition) is 1. The zero-order chi connectivity index (χ0) is 16.5. The molecule has 1 N–H and O–H groups in total. The predicted molar refractivity (Wildman–Crippen MR) is 85.4 cm³/mol. The summed E-state index contributed by atoms with van der Waals surface area (Å²) in [5, 5.41) is 6.69. The highest BCUT2D eigenvalue weighted by molar-refractivity contribution is 5.92. The van der Waals surface area contributed by atoms with Crippen LogP contribution in [-0.2, 0) is 13.5 Å². The molecule has 0 bridgehead atoms. The van der Waals surface area contributed by atoms with E-state index >= 15 is 0 Å². The first-order valence-corrected chi connectivity index (χ1v) is 8.01. The number of rotatable bonds is 6. The summed E-state index contributed by atoms with van der Waals surface area (Å²) in [6, 6.07) is 5.44. The second kappa shape index (κ2) is 5.99. The lowest BCUT2D eigenvalue weighted by Crippen LogP contribution is -2.26. The maximum absolute atomic E-state index is 12.1. The van der Waals surface area contributed by atoms with E-state index in [0.717, 1.165) is 35.9 Å². The van der Waals surface area contributed by atoms with Gasteiger partial charge in [-0.2, -0.15) is 0 Å². The molecule has 0 aromatic carbocycles. The molecule has 1 aliphatic carbocycles. The van der Waals surface area contributed by atoms with Gasteiger partial charge in [-0.3, -0.25) is 4.79 Å². The summed E-state index contributed by atoms with van der Waals surface area (Å²) >= 11 is 0. The van der Waals surface area contributed by atoms with Crippen LogP contribution in [0, 0.1) is 0 Å². The maximum atomic E-state index is 12.1. The molecule has 3 heterocycles. The molecular weight excluding hydrogens is 308 g/mol. The predicted octanol–water partition coefficient (Wildman–Crippen LogP) is 2.52. The van der Waals surface area contributed by atoms with Crippen LogP contribution in [-0.4, -0.2) is 27.2 Å². The standard InChI is InChI=1S/C17H18N4O3/c1-21-10-13(14-3-2-8-23-14)19-16(21)6-7-18-17(22)12-9-15(24-20-12)11-4-5-11/h2-3,8-11H,4-7H2,1H3,(H,18,22). The van der Waals surface area contributed by atoms with Crippen LogP contribution in [0.4, 0.5) is 0 Å². The number of carbonyl (C=O) groups is 1. The van der Waals surface area contributed by atoms with Crippen molar-refractivity contribution in [2.45, 2.75) is 25.2 Å². The Morgan fingerprint density at radius 2 is 2.33 bits per heavy atom. The summed E-state index contributed by atoms with van der Waals surface area (Å²) in [6.07, 6.45) is 6.39. The molecule has 4 rings (SSSR count). The van der Waals surface area contributed by atoms with E-state index in [0.29, 0.717) is 24.6 Å². The lowest BCUT2D eigenvalue weighted by molar-refractivity contribution is 0.0944. The van der Waals surface area contributed by atoms with E-state index < -0.39 is 0 Å². The highest BCUT2D eigenvalue weighted by atomic mass is 16.5. The smallest absolute Gasteiger partial charge is 0.273 e. The molecule has 3 aromatic heterocycles. The Labute approximate surface area is 138 Å². The first-order chi connectivity index (χ1) is 11.7. The Kier molecular flexibility index (Phi) is 3.68. The van der Waals surface area contributed by atoms with E-state index in [1.165, 1.54) is 0 Å². The molecule has 0 unspecified atom stereocenters. The third-order valence-corrected chi connectivity index (χ3v) is 4.12. The fraction of sp³-hybridized carbons (Fsp3) is 0.353. The minimum absolute atomic E-state index is 0.217. The van der Waals surface area contributed by atoms with Crippen molar-refractivity contribution >= 4 is 5.91 Å². The van der Waals surface area contributed by atoms with Gasteiger partial charge in [-0.25, -0.2) is 4.98 Å². The van der Waals surface area contributed by atoms with Gasteiger partial charge in [0.2, 0.25) is 0 Å². The first-order valence-electron chi connectivity index (χ1n) is 8.01. The van der Waals surface area contributed by atoms with Gasteiger partial charge in [0.1, 0.15) is 17.3 Å². The fourth-order valence-corrected chi connectivity index (χ4v) is 2.61. The summed E-state index contributed by atoms with van der Waals surface area (Å²) in [4.78, 5) is 16.6. The molecule has 3 aromatic rings. The number of amides is 1. The van der Waals surface area contributed by atoms with Crippen LogP contribution < -0.4 is 5.32 Å². The zero-order valence-corrected chi connectivity index (χ0v) is 13.4. The average molecular weight is 326 g/mol. The Balaban J connectivity index is 1.34. The molecule has 0 aliphatic heterocycles. The molecule has 1 fully saturated rings. The van der Waals surface area contributed by atoms with Gasteiger partial charge in [-0.15, -0.1) is 0 Å². The molecule has 1 amide bonds. The van der Waals surface area contributed by atoms with E-state index in [1.54, 1.807) is 12.3 Å². The van der Waals surface area contributed by atoms with Crippen LogP contribution in [0.5, 0.6) is 0 Å². The summed E-state index contributed by atoms with van der Waals surface area (Å²) in [6.45, 7) is 0.479. The molecule has 0 radical (unpaired) electrons. The summed E-state index contributed by atoms with van der Waals surface area (Å²) in [7, 11) is 1.93. The lowest BCUT2D eigenvalue weighted by atomic mass is 10.2. The van der Waals surface area contributed by atoms with Gasteiger partial charge in [0.05, 0.1) is 6.26 Å². The Morgan fingerprint density at radius 1 is 1.46 bits per heavy atom. The average Bonchev–Trinajstić information content (AvgIpc) is 3.01. The Morgan fingerprint density at radius 3 is 3.08 bits per heavy atom. The number of furan rings is 1. The molecule has 124 valence electrons. The van der Waals surface area contributed by atoms with E-state index in [4.69, 9.17) is 8.94 Å². The monoisotopic (exact) mass is 326 g/mol. The SMILES string of the molecule is Cn1cc(-c2ccco2)nc1CCNC(=O)c1cc(C2CC2)on1. The normalized spacial score (nSPS) is 14.0. The first kappa shape index (κ1) is 14.7. The third kappa shape index (κ3) is 2.97. The number of aromatic nitrogens is 3. The molecule has 1 aliphatic rings. The fourth-order valence-electron chi connectivity index (χ4n) is 2.61. The lowest BCUT2D eigenvalue weighted by Gasteiger charge is -2.03. The van der Waals surface area contributed by atoms with Crippen molar-refractivity contribution in [1.29, 1.82) is 0 Å². The van der Waals surface area contributed by atoms with Crippen molar-refractivity contribution < 1.29 is 13.7 Å². The second-order valence-electron chi connectivity index (χ2n) is 6.03. The van der Waals surface area contributed by atoms with Crippen LogP contribution in [0.3, 0.4) is 0 Å². The zero-order valence-electron chi connectivity index (χ0n) is 13.4. The number of nitrogens with one attached hydrogen (secondary N) is 1. The third-order valence-electron chi connectivity index (χ3n) is 4.12. The summed E-state index contributed by atoms with van der Waals surface area (Å²) in [5.41, 5.74) is 1.13. The number of hydrogen-bond acceptors (Lipinski definition) is 5. The number of imidazole rings is 1. The van der Waals surface area contributed by atoms with Crippen molar-refractivity contribution in [3.63, 3.8) is 0 Å². The van der Waals surface area contributed by atoms with Crippen LogP contribution in [0.1, 0.15) is 40.8 Å². The van der Waals surface area contributed by atoms with Crippen molar-refractivity contribution in [3.05, 3.63) is 47.9 Å². The molecule has 7 heteroatoms. The summed E-state index contributed by atoms with van der Waals surface area (Å²) < 4.78 is 12.5. The van der Waals surface area contributed by atoms with Gasteiger partial charge >= 0.3 is 0 Å². The number of aryl methyl sites for hydroxylation is 1. The molecule has 1 saturated carbocycles. The molecule has 0 saturated heterocycles. The Bertz CT molecular complexity index is 843. The quantitative estimate of drug-likeness (QED) is 0.752. The molecule has 0 atom stereocenters. The Hall–Kier alpha value is -2.83. The van der Waals surface area contributed by atoms with E-state index in [-0.39, 0.29) is 5.91 Å². The van der Waals surface area contributed by atoms with E-state index in [1.807, 2.05) is 29.9 Å². The maximum Gasteiger partial charge on any atom is 0.273 e. The van der Waals surface area contributed by atoms with Crippen LogP contribution in [0.2, 0.25) is 0 Å². The summed E-state index contributed by atoms with van der Waals surface area (Å²) in [5.74, 6) is 2.65. The van der Waals surface area contributed by atoms with E-state index in [9.17, 15) is 4.79 Å². The van der Waals surface area contributed by atoms with Crippen molar-refractivity contribution in [2.75, 3.05) is 6.54 Å². The minimum Gasteiger partial charge on any atom is -0.463 e. The van der Waals surface area contributed by atoms with Crippen molar-refractivity contribution in [2.24, 2.45) is 7.05 Å². The van der Waals surface area contributed by atoms with Crippen LogP contribution in [0.15, 0.2) is 39.6 Å². The topological polar surface area (TPSA) is 86.1 Å². The second-order valence-corrected chi connectivity index (χ2v) is 6.03. The highest BCUT2D eigenvalue weighted by Crippen LogP contribution is 2.40. The van der Waals surface area contributed by atoms with Crippen molar-refractivity contribution in [3.8, 4) is 11.5 Å². The van der Waals surface area contributed by atoms with Crippen LogP contribution in [0.25, 0.3) is 11.5 Å². The van der Waals surface area contributed by atoms with E-state index in [2.05, 4.69) is 15.5 Å².